The van der Waals surface area contributed by atoms with E-state index in [0.29, 0.717) is 34.5 Å². The van der Waals surface area contributed by atoms with Crippen molar-refractivity contribution in [3.8, 4) is 23.1 Å². The van der Waals surface area contributed by atoms with Crippen LogP contribution in [0.3, 0.4) is 0 Å². The summed E-state index contributed by atoms with van der Waals surface area (Å²) in [6.45, 7) is 2.34. The molecule has 0 bridgehead atoms. The van der Waals surface area contributed by atoms with Crippen LogP contribution in [-0.2, 0) is 6.54 Å². The molecule has 6 heteroatoms. The zero-order valence-electron chi connectivity index (χ0n) is 13.8. The summed E-state index contributed by atoms with van der Waals surface area (Å²) in [5, 5.41) is 12.8. The Balaban J connectivity index is 1.74. The van der Waals surface area contributed by atoms with Crippen LogP contribution in [0.2, 0.25) is 5.02 Å². The number of halogens is 1. The van der Waals surface area contributed by atoms with Crippen LogP contribution >= 0.6 is 11.6 Å². The van der Waals surface area contributed by atoms with Crippen LogP contribution in [0.4, 0.5) is 5.69 Å². The molecule has 5 nitrogen and oxygen atoms in total. The monoisotopic (exact) mass is 353 g/mol. The first kappa shape index (κ1) is 16.9. The number of aryl methyl sites for hydroxylation is 1. The van der Waals surface area contributed by atoms with Crippen LogP contribution in [0.5, 0.6) is 5.75 Å². The molecule has 3 rings (SSSR count). The standard InChI is InChI=1S/C19H16ClN3O2/c1-12-7-16(17(24-2)8-15(12)20)22-11-19-23-10-18(25-19)14-5-3-13(9-21)4-6-14/h3-8,10,22H,11H2,1-2H3. The number of nitrogens with one attached hydrogen (secondary N) is 1. The van der Waals surface area contributed by atoms with Gasteiger partial charge < -0.3 is 14.5 Å². The molecule has 0 atom stereocenters. The smallest absolute Gasteiger partial charge is 0.214 e. The van der Waals surface area contributed by atoms with Crippen LogP contribution in [0, 0.1) is 18.3 Å². The van der Waals surface area contributed by atoms with Crippen molar-refractivity contribution in [1.29, 1.82) is 5.26 Å². The lowest BCUT2D eigenvalue weighted by Crippen LogP contribution is -2.02. The second-order valence-electron chi connectivity index (χ2n) is 5.46. The fraction of sp³-hybridized carbons (Fsp3) is 0.158. The Bertz CT molecular complexity index is 927. The van der Waals surface area contributed by atoms with E-state index in [9.17, 15) is 0 Å². The third-order valence-electron chi connectivity index (χ3n) is 3.76. The minimum atomic E-state index is 0.410. The van der Waals surface area contributed by atoms with Gasteiger partial charge in [0.1, 0.15) is 5.75 Å². The number of oxazole rings is 1. The van der Waals surface area contributed by atoms with Gasteiger partial charge in [-0.25, -0.2) is 4.98 Å². The second-order valence-corrected chi connectivity index (χ2v) is 5.87. The number of rotatable bonds is 5. The zero-order chi connectivity index (χ0) is 17.8. The number of hydrogen-bond donors (Lipinski definition) is 1. The molecule has 0 aliphatic heterocycles. The van der Waals surface area contributed by atoms with Crippen LogP contribution < -0.4 is 10.1 Å². The lowest BCUT2D eigenvalue weighted by atomic mass is 10.1. The molecule has 1 N–H and O–H groups in total. The van der Waals surface area contributed by atoms with E-state index in [1.165, 1.54) is 0 Å². The van der Waals surface area contributed by atoms with Crippen LogP contribution in [0.1, 0.15) is 17.0 Å². The summed E-state index contributed by atoms with van der Waals surface area (Å²) in [7, 11) is 1.60. The van der Waals surface area contributed by atoms with Crippen molar-refractivity contribution in [2.24, 2.45) is 0 Å². The van der Waals surface area contributed by atoms with Crippen molar-refractivity contribution < 1.29 is 9.15 Å². The average molecular weight is 354 g/mol. The van der Waals surface area contributed by atoms with E-state index in [1.54, 1.807) is 31.5 Å². The third kappa shape index (κ3) is 3.76. The van der Waals surface area contributed by atoms with E-state index < -0.39 is 0 Å². The molecule has 0 aliphatic carbocycles. The Morgan fingerprint density at radius 3 is 2.72 bits per heavy atom. The fourth-order valence-corrected chi connectivity index (χ4v) is 2.53. The number of aromatic nitrogens is 1. The molecule has 3 aromatic rings. The maximum absolute atomic E-state index is 8.85. The van der Waals surface area contributed by atoms with Gasteiger partial charge in [-0.3, -0.25) is 0 Å². The zero-order valence-corrected chi connectivity index (χ0v) is 14.6. The molecule has 1 aromatic heterocycles. The first-order chi connectivity index (χ1) is 12.1. The molecule has 0 unspecified atom stereocenters. The van der Waals surface area contributed by atoms with E-state index in [1.807, 2.05) is 25.1 Å². The van der Waals surface area contributed by atoms with Gasteiger partial charge in [0.05, 0.1) is 37.2 Å². The Kier molecular flexibility index (Phi) is 4.92. The maximum atomic E-state index is 8.85. The van der Waals surface area contributed by atoms with E-state index in [-0.39, 0.29) is 0 Å². The highest BCUT2D eigenvalue weighted by Crippen LogP contribution is 2.31. The molecule has 2 aromatic carbocycles. The Labute approximate surface area is 150 Å². The Morgan fingerprint density at radius 1 is 1.28 bits per heavy atom. The summed E-state index contributed by atoms with van der Waals surface area (Å²) in [4.78, 5) is 4.28. The molecule has 0 aliphatic rings. The van der Waals surface area contributed by atoms with Crippen LogP contribution in [0.15, 0.2) is 47.0 Å². The SMILES string of the molecule is COc1cc(Cl)c(C)cc1NCc1ncc(-c2ccc(C#N)cc2)o1. The number of nitriles is 1. The van der Waals surface area contributed by atoms with Crippen molar-refractivity contribution in [2.75, 3.05) is 12.4 Å². The van der Waals surface area contributed by atoms with Gasteiger partial charge in [0.25, 0.3) is 0 Å². The predicted molar refractivity (Wildman–Crippen MR) is 96.7 cm³/mol. The topological polar surface area (TPSA) is 71.1 Å². The van der Waals surface area contributed by atoms with E-state index in [4.69, 9.17) is 26.0 Å². The molecule has 0 spiro atoms. The minimum Gasteiger partial charge on any atom is -0.495 e. The largest absolute Gasteiger partial charge is 0.495 e. The molecule has 0 fully saturated rings. The van der Waals surface area contributed by atoms with Crippen molar-refractivity contribution in [1.82, 2.24) is 4.98 Å². The quantitative estimate of drug-likeness (QED) is 0.713. The number of hydrogen-bond acceptors (Lipinski definition) is 5. The predicted octanol–water partition coefficient (Wildman–Crippen LogP) is 4.80. The van der Waals surface area contributed by atoms with Gasteiger partial charge in [-0.15, -0.1) is 0 Å². The van der Waals surface area contributed by atoms with Crippen molar-refractivity contribution in [3.63, 3.8) is 0 Å². The first-order valence-electron chi connectivity index (χ1n) is 7.64. The number of ether oxygens (including phenoxy) is 1. The highest BCUT2D eigenvalue weighted by molar-refractivity contribution is 6.31. The fourth-order valence-electron chi connectivity index (χ4n) is 2.38. The number of methoxy groups -OCH3 is 1. The lowest BCUT2D eigenvalue weighted by Gasteiger charge is -2.12. The highest BCUT2D eigenvalue weighted by Gasteiger charge is 2.10. The van der Waals surface area contributed by atoms with Crippen molar-refractivity contribution in [3.05, 3.63) is 64.6 Å². The summed E-state index contributed by atoms with van der Waals surface area (Å²) in [6, 6.07) is 13.0. The average Bonchev–Trinajstić information content (AvgIpc) is 3.11. The number of benzene rings is 2. The van der Waals surface area contributed by atoms with Gasteiger partial charge in [0.2, 0.25) is 5.89 Å². The lowest BCUT2D eigenvalue weighted by molar-refractivity contribution is 0.416. The number of nitrogens with zero attached hydrogens (tertiary/aromatic N) is 2. The van der Waals surface area contributed by atoms with Gasteiger partial charge >= 0.3 is 0 Å². The second kappa shape index (κ2) is 7.29. The Morgan fingerprint density at radius 2 is 2.04 bits per heavy atom. The maximum Gasteiger partial charge on any atom is 0.214 e. The van der Waals surface area contributed by atoms with Gasteiger partial charge in [-0.2, -0.15) is 5.26 Å². The normalized spacial score (nSPS) is 10.3. The summed E-state index contributed by atoms with van der Waals surface area (Å²) < 4.78 is 11.1. The molecular formula is C19H16ClN3O2. The van der Waals surface area contributed by atoms with Gasteiger partial charge in [0, 0.05) is 16.7 Å². The molecule has 25 heavy (non-hydrogen) atoms. The van der Waals surface area contributed by atoms with Crippen molar-refractivity contribution in [2.45, 2.75) is 13.5 Å². The van der Waals surface area contributed by atoms with Crippen molar-refractivity contribution >= 4 is 17.3 Å². The van der Waals surface area contributed by atoms with E-state index >= 15 is 0 Å². The molecule has 1 heterocycles. The molecule has 0 radical (unpaired) electrons. The van der Waals surface area contributed by atoms with E-state index in [2.05, 4.69) is 16.4 Å². The molecule has 0 saturated heterocycles. The third-order valence-corrected chi connectivity index (χ3v) is 4.17. The highest BCUT2D eigenvalue weighted by atomic mass is 35.5. The minimum absolute atomic E-state index is 0.410. The van der Waals surface area contributed by atoms with E-state index in [0.717, 1.165) is 16.8 Å². The molecule has 126 valence electrons. The van der Waals surface area contributed by atoms with Gasteiger partial charge in [-0.05, 0) is 42.8 Å². The summed E-state index contributed by atoms with van der Waals surface area (Å²) in [5.74, 6) is 1.86. The van der Waals surface area contributed by atoms with Gasteiger partial charge in [-0.1, -0.05) is 11.6 Å². The number of anilines is 1. The van der Waals surface area contributed by atoms with Crippen LogP contribution in [0.25, 0.3) is 11.3 Å². The Hall–Kier alpha value is -2.97. The van der Waals surface area contributed by atoms with Gasteiger partial charge in [0.15, 0.2) is 5.76 Å². The van der Waals surface area contributed by atoms with Crippen LogP contribution in [-0.4, -0.2) is 12.1 Å². The summed E-state index contributed by atoms with van der Waals surface area (Å²) in [6.07, 6.45) is 1.67. The summed E-state index contributed by atoms with van der Waals surface area (Å²) >= 11 is 6.12. The molecule has 0 amide bonds. The molecular weight excluding hydrogens is 338 g/mol. The molecule has 0 saturated carbocycles. The first-order valence-corrected chi connectivity index (χ1v) is 8.01. The summed E-state index contributed by atoms with van der Waals surface area (Å²) in [5.41, 5.74) is 3.26.